The molecule has 1 fully saturated rings. The van der Waals surface area contributed by atoms with Crippen LogP contribution in [0.4, 0.5) is 17.5 Å². The van der Waals surface area contributed by atoms with Gasteiger partial charge in [-0.1, -0.05) is 6.58 Å². The molecular formula is C20H18BrN7O3. The first-order chi connectivity index (χ1) is 15.0. The Bertz CT molecular complexity index is 1140. The second-order valence-electron chi connectivity index (χ2n) is 6.86. The maximum atomic E-state index is 12.0. The number of halogens is 1. The van der Waals surface area contributed by atoms with E-state index in [2.05, 4.69) is 62.9 Å². The molecular weight excluding hydrogens is 466 g/mol. The molecule has 0 spiro atoms. The van der Waals surface area contributed by atoms with Gasteiger partial charge in [0, 0.05) is 48.0 Å². The molecule has 3 heterocycles. The van der Waals surface area contributed by atoms with Gasteiger partial charge in [0.1, 0.15) is 0 Å². The third kappa shape index (κ3) is 4.77. The molecule has 1 aliphatic heterocycles. The molecule has 1 aromatic carbocycles. The molecule has 10 nitrogen and oxygen atoms in total. The van der Waals surface area contributed by atoms with Gasteiger partial charge in [0.2, 0.25) is 5.95 Å². The molecule has 0 saturated carbocycles. The van der Waals surface area contributed by atoms with Gasteiger partial charge in [0.05, 0.1) is 10.7 Å². The highest BCUT2D eigenvalue weighted by molar-refractivity contribution is 9.10. The summed E-state index contributed by atoms with van der Waals surface area (Å²) in [7, 11) is 0. The van der Waals surface area contributed by atoms with E-state index in [1.165, 1.54) is 0 Å². The first-order valence-electron chi connectivity index (χ1n) is 9.38. The number of nitrogens with one attached hydrogen (secondary N) is 2. The Labute approximate surface area is 185 Å². The fraction of sp³-hybridized carbons (Fsp3) is 0.200. The van der Waals surface area contributed by atoms with Crippen molar-refractivity contribution in [3.05, 3.63) is 53.6 Å². The van der Waals surface area contributed by atoms with E-state index in [9.17, 15) is 9.59 Å². The highest BCUT2D eigenvalue weighted by atomic mass is 79.9. The van der Waals surface area contributed by atoms with Gasteiger partial charge in [-0.3, -0.25) is 9.59 Å². The number of anilines is 3. The summed E-state index contributed by atoms with van der Waals surface area (Å²) in [5.74, 6) is 0.469. The van der Waals surface area contributed by atoms with Gasteiger partial charge in [0.25, 0.3) is 12.4 Å². The Morgan fingerprint density at radius 3 is 2.87 bits per heavy atom. The van der Waals surface area contributed by atoms with Crippen molar-refractivity contribution in [2.24, 2.45) is 0 Å². The van der Waals surface area contributed by atoms with Crippen LogP contribution in [-0.2, 0) is 14.3 Å². The monoisotopic (exact) mass is 483 g/mol. The number of nitrogens with zero attached hydrogens (tertiary/aromatic N) is 5. The van der Waals surface area contributed by atoms with E-state index in [1.54, 1.807) is 30.7 Å². The van der Waals surface area contributed by atoms with Gasteiger partial charge in [-0.15, -0.1) is 5.10 Å². The van der Waals surface area contributed by atoms with Crippen molar-refractivity contribution in [2.75, 3.05) is 28.6 Å². The van der Waals surface area contributed by atoms with Crippen LogP contribution in [0.3, 0.4) is 0 Å². The number of rotatable bonds is 7. The van der Waals surface area contributed by atoms with Crippen LogP contribution in [-0.4, -0.2) is 51.7 Å². The van der Waals surface area contributed by atoms with E-state index in [0.29, 0.717) is 11.6 Å². The lowest BCUT2D eigenvalue weighted by molar-refractivity contribution is -0.129. The second-order valence-corrected chi connectivity index (χ2v) is 7.78. The fourth-order valence-corrected chi connectivity index (χ4v) is 3.54. The molecule has 2 aromatic heterocycles. The van der Waals surface area contributed by atoms with Gasteiger partial charge in [-0.05, 0) is 40.5 Å². The summed E-state index contributed by atoms with van der Waals surface area (Å²) >= 11 is 3.33. The minimum atomic E-state index is -0.600. The Morgan fingerprint density at radius 1 is 1.29 bits per heavy atom. The predicted molar refractivity (Wildman–Crippen MR) is 118 cm³/mol. The van der Waals surface area contributed by atoms with Crippen LogP contribution >= 0.6 is 15.9 Å². The smallest absolute Gasteiger partial charge is 0.298 e. The van der Waals surface area contributed by atoms with Crippen molar-refractivity contribution < 1.29 is 14.3 Å². The quantitative estimate of drug-likeness (QED) is 0.296. The van der Waals surface area contributed by atoms with Crippen LogP contribution in [0.25, 0.3) is 10.8 Å². The van der Waals surface area contributed by atoms with Crippen molar-refractivity contribution in [1.29, 1.82) is 0 Å². The average Bonchev–Trinajstić information content (AvgIpc) is 3.23. The van der Waals surface area contributed by atoms with Crippen LogP contribution in [0.1, 0.15) is 6.42 Å². The van der Waals surface area contributed by atoms with Crippen molar-refractivity contribution >= 4 is 56.5 Å². The number of fused-ring (bicyclic) bond motifs is 1. The van der Waals surface area contributed by atoms with Gasteiger partial charge in [-0.2, -0.15) is 5.10 Å². The highest BCUT2D eigenvalue weighted by Crippen LogP contribution is 2.29. The summed E-state index contributed by atoms with van der Waals surface area (Å²) in [5.41, 5.74) is 0.528. The van der Waals surface area contributed by atoms with E-state index >= 15 is 0 Å². The normalized spacial score (nSPS) is 15.5. The number of benzene rings is 1. The van der Waals surface area contributed by atoms with E-state index in [-0.39, 0.29) is 18.3 Å². The number of hydrogen-bond acceptors (Lipinski definition) is 9. The molecule has 0 bridgehead atoms. The molecule has 1 saturated heterocycles. The molecule has 2 N–H and O–H groups in total. The molecule has 1 unspecified atom stereocenters. The topological polar surface area (TPSA) is 122 Å². The summed E-state index contributed by atoms with van der Waals surface area (Å²) in [4.78, 5) is 33.0. The summed E-state index contributed by atoms with van der Waals surface area (Å²) in [6, 6.07) is 5.58. The SMILES string of the molecule is C=C(OC=O)C(=O)Nc1ccc2c(N3CCC(Nc4ncc(Br)cn4)C3)nncc2c1. The number of amides is 1. The van der Waals surface area contributed by atoms with Crippen LogP contribution in [0.5, 0.6) is 0 Å². The van der Waals surface area contributed by atoms with Crippen LogP contribution in [0.15, 0.2) is 53.6 Å². The molecule has 0 aliphatic carbocycles. The maximum absolute atomic E-state index is 12.0. The van der Waals surface area contributed by atoms with Crippen LogP contribution in [0, 0.1) is 0 Å². The molecule has 11 heteroatoms. The summed E-state index contributed by atoms with van der Waals surface area (Å²) in [6.07, 6.45) is 5.95. The lowest BCUT2D eigenvalue weighted by atomic mass is 10.1. The first kappa shape index (κ1) is 20.7. The van der Waals surface area contributed by atoms with Crippen molar-refractivity contribution in [1.82, 2.24) is 20.2 Å². The number of aromatic nitrogens is 4. The lowest BCUT2D eigenvalue weighted by Crippen LogP contribution is -2.27. The minimum Gasteiger partial charge on any atom is -0.423 e. The fourth-order valence-electron chi connectivity index (χ4n) is 3.34. The first-order valence-corrected chi connectivity index (χ1v) is 10.2. The number of carbonyl (C=O) groups excluding carboxylic acids is 2. The third-order valence-electron chi connectivity index (χ3n) is 4.78. The van der Waals surface area contributed by atoms with Gasteiger partial charge < -0.3 is 20.3 Å². The van der Waals surface area contributed by atoms with E-state index in [1.807, 2.05) is 6.07 Å². The van der Waals surface area contributed by atoms with Gasteiger partial charge in [-0.25, -0.2) is 9.97 Å². The van der Waals surface area contributed by atoms with Crippen molar-refractivity contribution in [3.63, 3.8) is 0 Å². The minimum absolute atomic E-state index is 0.158. The maximum Gasteiger partial charge on any atom is 0.298 e. The number of hydrogen-bond donors (Lipinski definition) is 2. The Hall–Kier alpha value is -3.60. The molecule has 3 aromatic rings. The standard InChI is InChI=1S/C20H18BrN7O3/c1-12(31-11-29)19(30)25-15-2-3-17-13(6-15)7-24-27-18(17)28-5-4-16(10-28)26-20-22-8-14(21)9-23-20/h2-3,6-9,11,16H,1,4-5,10H2,(H,25,30)(H,22,23,26). The zero-order chi connectivity index (χ0) is 21.8. The van der Waals surface area contributed by atoms with Crippen molar-refractivity contribution in [3.8, 4) is 0 Å². The van der Waals surface area contributed by atoms with Crippen molar-refractivity contribution in [2.45, 2.75) is 12.5 Å². The predicted octanol–water partition coefficient (Wildman–Crippen LogP) is 2.50. The van der Waals surface area contributed by atoms with Crippen LogP contribution in [0.2, 0.25) is 0 Å². The lowest BCUT2D eigenvalue weighted by Gasteiger charge is -2.19. The van der Waals surface area contributed by atoms with E-state index < -0.39 is 5.91 Å². The molecule has 158 valence electrons. The highest BCUT2D eigenvalue weighted by Gasteiger charge is 2.25. The molecule has 31 heavy (non-hydrogen) atoms. The Kier molecular flexibility index (Phi) is 6.03. The largest absolute Gasteiger partial charge is 0.423 e. The van der Waals surface area contributed by atoms with Gasteiger partial charge in [0.15, 0.2) is 11.6 Å². The zero-order valence-electron chi connectivity index (χ0n) is 16.3. The molecule has 4 rings (SSSR count). The summed E-state index contributed by atoms with van der Waals surface area (Å²) in [6.45, 7) is 5.10. The Balaban J connectivity index is 1.48. The zero-order valence-corrected chi connectivity index (χ0v) is 17.9. The van der Waals surface area contributed by atoms with Crippen LogP contribution < -0.4 is 15.5 Å². The number of carbonyl (C=O) groups is 2. The van der Waals surface area contributed by atoms with Gasteiger partial charge >= 0.3 is 0 Å². The average molecular weight is 484 g/mol. The second kappa shape index (κ2) is 9.04. The molecule has 1 aliphatic rings. The number of ether oxygens (including phenoxy) is 1. The van der Waals surface area contributed by atoms with E-state index in [0.717, 1.165) is 40.6 Å². The van der Waals surface area contributed by atoms with E-state index in [4.69, 9.17) is 0 Å². The molecule has 0 radical (unpaired) electrons. The summed E-state index contributed by atoms with van der Waals surface area (Å²) < 4.78 is 5.30. The Morgan fingerprint density at radius 2 is 2.10 bits per heavy atom. The molecule has 1 amide bonds. The summed E-state index contributed by atoms with van der Waals surface area (Å²) in [5, 5.41) is 16.2. The third-order valence-corrected chi connectivity index (χ3v) is 5.19. The molecule has 1 atom stereocenters.